The van der Waals surface area contributed by atoms with Crippen LogP contribution in [0.1, 0.15) is 16.9 Å². The van der Waals surface area contributed by atoms with Crippen molar-refractivity contribution in [3.63, 3.8) is 0 Å². The summed E-state index contributed by atoms with van der Waals surface area (Å²) in [4.78, 5) is 15.9. The summed E-state index contributed by atoms with van der Waals surface area (Å²) in [5.74, 6) is 0.157. The number of rotatable bonds is 6. The van der Waals surface area contributed by atoms with Gasteiger partial charge in [0.2, 0.25) is 0 Å². The first-order chi connectivity index (χ1) is 9.76. The minimum Gasteiger partial charge on any atom is -0.493 e. The van der Waals surface area contributed by atoms with E-state index in [-0.39, 0.29) is 5.69 Å². The Kier molecular flexibility index (Phi) is 4.90. The molecule has 0 amide bonds. The summed E-state index contributed by atoms with van der Waals surface area (Å²) in [6.45, 7) is 1.15. The Morgan fingerprint density at radius 1 is 1.20 bits per heavy atom. The van der Waals surface area contributed by atoms with Crippen LogP contribution in [0, 0.1) is 0 Å². The number of fused-ring (bicyclic) bond motifs is 1. The van der Waals surface area contributed by atoms with Gasteiger partial charge in [-0.2, -0.15) is 0 Å². The predicted octanol–water partition coefficient (Wildman–Crippen LogP) is 2.44. The highest BCUT2D eigenvalue weighted by molar-refractivity contribution is 5.93. The number of ether oxygens (including phenoxy) is 3. The molecule has 0 saturated carbocycles. The van der Waals surface area contributed by atoms with Crippen molar-refractivity contribution in [1.29, 1.82) is 0 Å². The molecule has 0 aliphatic rings. The standard InChI is InChI=1S/C15H17NO4/c1-18-8-5-9-20-14-10-13(15(17)19-2)16-12-7-4-3-6-11(12)14/h3-4,6-7,10H,5,8-9H2,1-2H3. The first-order valence-corrected chi connectivity index (χ1v) is 6.36. The van der Waals surface area contributed by atoms with Crippen LogP contribution in [0.4, 0.5) is 0 Å². The van der Waals surface area contributed by atoms with Crippen molar-refractivity contribution in [2.45, 2.75) is 6.42 Å². The number of hydrogen-bond acceptors (Lipinski definition) is 5. The molecule has 0 saturated heterocycles. The number of hydrogen-bond donors (Lipinski definition) is 0. The highest BCUT2D eigenvalue weighted by atomic mass is 16.5. The van der Waals surface area contributed by atoms with Crippen molar-refractivity contribution in [2.75, 3.05) is 27.4 Å². The molecule has 0 fully saturated rings. The molecule has 0 atom stereocenters. The summed E-state index contributed by atoms with van der Waals surface area (Å²) in [6.07, 6.45) is 0.778. The van der Waals surface area contributed by atoms with Crippen LogP contribution in [0.5, 0.6) is 5.75 Å². The van der Waals surface area contributed by atoms with Gasteiger partial charge in [-0.15, -0.1) is 0 Å². The van der Waals surface area contributed by atoms with Crippen molar-refractivity contribution in [1.82, 2.24) is 4.98 Å². The molecule has 0 radical (unpaired) electrons. The molecule has 0 aliphatic heterocycles. The van der Waals surface area contributed by atoms with Gasteiger partial charge in [-0.25, -0.2) is 9.78 Å². The molecule has 0 bridgehead atoms. The summed E-state index contributed by atoms with van der Waals surface area (Å²) in [6, 6.07) is 9.13. The average molecular weight is 275 g/mol. The van der Waals surface area contributed by atoms with E-state index in [1.807, 2.05) is 24.3 Å². The maximum atomic E-state index is 11.6. The lowest BCUT2D eigenvalue weighted by molar-refractivity contribution is 0.0594. The Labute approximate surface area is 117 Å². The number of esters is 1. The van der Waals surface area contributed by atoms with Gasteiger partial charge in [-0.3, -0.25) is 0 Å². The Morgan fingerprint density at radius 3 is 2.75 bits per heavy atom. The van der Waals surface area contributed by atoms with Crippen molar-refractivity contribution in [2.24, 2.45) is 0 Å². The van der Waals surface area contributed by atoms with E-state index < -0.39 is 5.97 Å². The monoisotopic (exact) mass is 275 g/mol. The lowest BCUT2D eigenvalue weighted by Crippen LogP contribution is -2.07. The predicted molar refractivity (Wildman–Crippen MR) is 75.1 cm³/mol. The third kappa shape index (κ3) is 3.24. The fourth-order valence-electron chi connectivity index (χ4n) is 1.86. The van der Waals surface area contributed by atoms with E-state index in [0.29, 0.717) is 24.5 Å². The molecule has 1 heterocycles. The van der Waals surface area contributed by atoms with E-state index in [1.54, 1.807) is 13.2 Å². The molecular weight excluding hydrogens is 258 g/mol. The van der Waals surface area contributed by atoms with Crippen LogP contribution in [0.2, 0.25) is 0 Å². The van der Waals surface area contributed by atoms with Crippen LogP contribution in [0.3, 0.4) is 0 Å². The maximum Gasteiger partial charge on any atom is 0.356 e. The SMILES string of the molecule is COCCCOc1cc(C(=O)OC)nc2ccccc12. The summed E-state index contributed by atoms with van der Waals surface area (Å²) in [7, 11) is 2.98. The fraction of sp³-hybridized carbons (Fsp3) is 0.333. The number of methoxy groups -OCH3 is 2. The number of aromatic nitrogens is 1. The third-order valence-electron chi connectivity index (χ3n) is 2.82. The van der Waals surface area contributed by atoms with Gasteiger partial charge in [0.25, 0.3) is 0 Å². The van der Waals surface area contributed by atoms with Crippen molar-refractivity contribution in [3.8, 4) is 5.75 Å². The molecule has 2 aromatic rings. The largest absolute Gasteiger partial charge is 0.493 e. The highest BCUT2D eigenvalue weighted by Gasteiger charge is 2.12. The molecular formula is C15H17NO4. The minimum absolute atomic E-state index is 0.243. The molecule has 2 rings (SSSR count). The van der Waals surface area contributed by atoms with Gasteiger partial charge < -0.3 is 14.2 Å². The lowest BCUT2D eigenvalue weighted by Gasteiger charge is -2.10. The van der Waals surface area contributed by atoms with Crippen LogP contribution >= 0.6 is 0 Å². The first kappa shape index (κ1) is 14.3. The number of benzene rings is 1. The minimum atomic E-state index is -0.475. The Morgan fingerprint density at radius 2 is 2.00 bits per heavy atom. The fourth-order valence-corrected chi connectivity index (χ4v) is 1.86. The van der Waals surface area contributed by atoms with Crippen LogP contribution in [0.15, 0.2) is 30.3 Å². The molecule has 1 aromatic carbocycles. The maximum absolute atomic E-state index is 11.6. The molecule has 0 aliphatic carbocycles. The first-order valence-electron chi connectivity index (χ1n) is 6.36. The van der Waals surface area contributed by atoms with E-state index >= 15 is 0 Å². The van der Waals surface area contributed by atoms with E-state index in [9.17, 15) is 4.79 Å². The molecule has 0 spiro atoms. The van der Waals surface area contributed by atoms with Gasteiger partial charge in [-0.05, 0) is 12.1 Å². The quantitative estimate of drug-likeness (QED) is 0.598. The van der Waals surface area contributed by atoms with Crippen LogP contribution in [-0.2, 0) is 9.47 Å². The van der Waals surface area contributed by atoms with Crippen LogP contribution < -0.4 is 4.74 Å². The van der Waals surface area contributed by atoms with E-state index in [4.69, 9.17) is 14.2 Å². The summed E-state index contributed by atoms with van der Waals surface area (Å²) < 4.78 is 15.4. The van der Waals surface area contributed by atoms with Gasteiger partial charge in [0.1, 0.15) is 5.75 Å². The zero-order valence-electron chi connectivity index (χ0n) is 11.6. The molecule has 20 heavy (non-hydrogen) atoms. The second-order valence-electron chi connectivity index (χ2n) is 4.21. The average Bonchev–Trinajstić information content (AvgIpc) is 2.50. The number of carbonyl (C=O) groups is 1. The number of pyridine rings is 1. The lowest BCUT2D eigenvalue weighted by atomic mass is 10.2. The van der Waals surface area contributed by atoms with Crippen LogP contribution in [-0.4, -0.2) is 38.4 Å². The summed E-state index contributed by atoms with van der Waals surface area (Å²) in [5.41, 5.74) is 0.949. The number of carbonyl (C=O) groups excluding carboxylic acids is 1. The highest BCUT2D eigenvalue weighted by Crippen LogP contribution is 2.25. The van der Waals surface area contributed by atoms with Gasteiger partial charge in [-0.1, -0.05) is 12.1 Å². The Bertz CT molecular complexity index is 597. The second kappa shape index (κ2) is 6.86. The second-order valence-corrected chi connectivity index (χ2v) is 4.21. The van der Waals surface area contributed by atoms with Gasteiger partial charge in [0.15, 0.2) is 5.69 Å². The number of para-hydroxylation sites is 1. The molecule has 0 unspecified atom stereocenters. The molecule has 1 aromatic heterocycles. The van der Waals surface area contributed by atoms with Crippen LogP contribution in [0.25, 0.3) is 10.9 Å². The van der Waals surface area contributed by atoms with Crippen molar-refractivity contribution < 1.29 is 19.0 Å². The van der Waals surface area contributed by atoms with Gasteiger partial charge in [0, 0.05) is 31.6 Å². The third-order valence-corrected chi connectivity index (χ3v) is 2.82. The zero-order valence-corrected chi connectivity index (χ0v) is 11.6. The number of nitrogens with zero attached hydrogens (tertiary/aromatic N) is 1. The van der Waals surface area contributed by atoms with E-state index in [2.05, 4.69) is 4.98 Å². The summed E-state index contributed by atoms with van der Waals surface area (Å²) in [5, 5.41) is 0.873. The summed E-state index contributed by atoms with van der Waals surface area (Å²) >= 11 is 0. The van der Waals surface area contributed by atoms with E-state index in [0.717, 1.165) is 11.8 Å². The molecule has 106 valence electrons. The van der Waals surface area contributed by atoms with Crippen molar-refractivity contribution in [3.05, 3.63) is 36.0 Å². The van der Waals surface area contributed by atoms with E-state index in [1.165, 1.54) is 7.11 Å². The topological polar surface area (TPSA) is 57.7 Å². The zero-order chi connectivity index (χ0) is 14.4. The normalized spacial score (nSPS) is 10.5. The van der Waals surface area contributed by atoms with Gasteiger partial charge >= 0.3 is 5.97 Å². The Hall–Kier alpha value is -2.14. The Balaban J connectivity index is 2.31. The molecule has 5 heteroatoms. The smallest absolute Gasteiger partial charge is 0.356 e. The van der Waals surface area contributed by atoms with Crippen molar-refractivity contribution >= 4 is 16.9 Å². The van der Waals surface area contributed by atoms with Gasteiger partial charge in [0.05, 0.1) is 19.2 Å². The molecule has 5 nitrogen and oxygen atoms in total. The molecule has 0 N–H and O–H groups in total.